The van der Waals surface area contributed by atoms with E-state index in [-0.39, 0.29) is 32.9 Å². The maximum atomic E-state index is 11.2. The number of nitro groups is 1. The Morgan fingerprint density at radius 2 is 1.86 bits per heavy atom. The van der Waals surface area contributed by atoms with Crippen LogP contribution in [-0.2, 0) is 0 Å². The Hall–Kier alpha value is -2.88. The van der Waals surface area contributed by atoms with Gasteiger partial charge in [-0.2, -0.15) is 0 Å². The van der Waals surface area contributed by atoms with Crippen LogP contribution in [0.25, 0.3) is 0 Å². The van der Waals surface area contributed by atoms with E-state index in [1.807, 2.05) is 0 Å². The predicted molar refractivity (Wildman–Crippen MR) is 75.0 cm³/mol. The molecule has 0 fully saturated rings. The lowest BCUT2D eigenvalue weighted by atomic mass is 10.2. The highest BCUT2D eigenvalue weighted by Gasteiger charge is 2.17. The number of nitrogens with two attached hydrogens (primary N) is 2. The van der Waals surface area contributed by atoms with Gasteiger partial charge in [0.25, 0.3) is 5.69 Å². The smallest absolute Gasteiger partial charge is 0.336 e. The van der Waals surface area contributed by atoms with Gasteiger partial charge < -0.3 is 16.6 Å². The van der Waals surface area contributed by atoms with Crippen molar-refractivity contribution < 1.29 is 14.8 Å². The summed E-state index contributed by atoms with van der Waals surface area (Å²) in [6, 6.07) is 4.74. The molecule has 0 aliphatic carbocycles. The van der Waals surface area contributed by atoms with Gasteiger partial charge in [0.05, 0.1) is 10.5 Å². The molecule has 21 heavy (non-hydrogen) atoms. The molecule has 1 aromatic carbocycles. The van der Waals surface area contributed by atoms with Crippen molar-refractivity contribution >= 4 is 35.1 Å². The quantitative estimate of drug-likeness (QED) is 0.431. The molecule has 0 bridgehead atoms. The molecule has 0 saturated heterocycles. The van der Waals surface area contributed by atoms with Crippen LogP contribution < -0.4 is 11.5 Å². The van der Waals surface area contributed by atoms with Crippen molar-refractivity contribution in [2.24, 2.45) is 0 Å². The van der Waals surface area contributed by atoms with Crippen molar-refractivity contribution in [1.29, 1.82) is 0 Å². The Bertz CT molecular complexity index is 716. The molecule has 1 heterocycles. The van der Waals surface area contributed by atoms with Crippen LogP contribution in [0.2, 0.25) is 0 Å². The Balaban J connectivity index is 2.47. The van der Waals surface area contributed by atoms with Gasteiger partial charge in [0, 0.05) is 23.1 Å². The second-order valence-corrected chi connectivity index (χ2v) is 4.85. The number of aromatic carboxylic acids is 1. The Morgan fingerprint density at radius 1 is 1.24 bits per heavy atom. The van der Waals surface area contributed by atoms with Crippen molar-refractivity contribution in [1.82, 2.24) is 9.97 Å². The van der Waals surface area contributed by atoms with Crippen molar-refractivity contribution in [2.45, 2.75) is 10.1 Å². The number of hydrogen-bond donors (Lipinski definition) is 3. The number of benzene rings is 1. The van der Waals surface area contributed by atoms with Crippen LogP contribution in [0.4, 0.5) is 17.3 Å². The minimum Gasteiger partial charge on any atom is -0.478 e. The fraction of sp³-hybridized carbons (Fsp3) is 0. The summed E-state index contributed by atoms with van der Waals surface area (Å²) >= 11 is 0.835. The monoisotopic (exact) mass is 307 g/mol. The van der Waals surface area contributed by atoms with Crippen LogP contribution in [0.1, 0.15) is 10.4 Å². The van der Waals surface area contributed by atoms with Gasteiger partial charge in [-0.05, 0) is 17.8 Å². The number of carboxylic acids is 1. The van der Waals surface area contributed by atoms with Crippen molar-refractivity contribution in [3.63, 3.8) is 0 Å². The molecule has 1 aromatic heterocycles. The summed E-state index contributed by atoms with van der Waals surface area (Å²) < 4.78 is 0. The van der Waals surface area contributed by atoms with E-state index in [1.54, 1.807) is 0 Å². The lowest BCUT2D eigenvalue weighted by Gasteiger charge is -2.06. The zero-order valence-electron chi connectivity index (χ0n) is 10.4. The zero-order chi connectivity index (χ0) is 15.6. The Labute approximate surface area is 122 Å². The average molecular weight is 307 g/mol. The van der Waals surface area contributed by atoms with Gasteiger partial charge in [0.2, 0.25) is 0 Å². The summed E-state index contributed by atoms with van der Waals surface area (Å²) in [7, 11) is 0. The number of aromatic nitrogens is 2. The topological polar surface area (TPSA) is 158 Å². The molecular weight excluding hydrogens is 298 g/mol. The molecule has 0 aliphatic rings. The molecule has 108 valence electrons. The summed E-state index contributed by atoms with van der Waals surface area (Å²) in [5, 5.41) is 20.0. The van der Waals surface area contributed by atoms with Gasteiger partial charge in [-0.15, -0.1) is 0 Å². The van der Waals surface area contributed by atoms with Gasteiger partial charge >= 0.3 is 5.97 Å². The maximum Gasteiger partial charge on any atom is 0.336 e. The van der Waals surface area contributed by atoms with Crippen LogP contribution in [0, 0.1) is 10.1 Å². The second-order valence-electron chi connectivity index (χ2n) is 3.85. The maximum absolute atomic E-state index is 11.2. The summed E-state index contributed by atoms with van der Waals surface area (Å²) in [4.78, 5) is 29.2. The molecule has 0 saturated carbocycles. The third-order valence-electron chi connectivity index (χ3n) is 2.35. The second kappa shape index (κ2) is 5.63. The molecule has 0 unspecified atom stereocenters. The summed E-state index contributed by atoms with van der Waals surface area (Å²) in [6.07, 6.45) is 0. The summed E-state index contributed by atoms with van der Waals surface area (Å²) in [5.41, 5.74) is 10.7. The number of nitrogen functional groups attached to an aromatic ring is 2. The highest BCUT2D eigenvalue weighted by atomic mass is 32.2. The molecule has 0 radical (unpaired) electrons. The van der Waals surface area contributed by atoms with Gasteiger partial charge in [-0.3, -0.25) is 10.1 Å². The van der Waals surface area contributed by atoms with E-state index >= 15 is 0 Å². The number of hydrogen-bond acceptors (Lipinski definition) is 8. The third-order valence-corrected chi connectivity index (χ3v) is 3.28. The van der Waals surface area contributed by atoms with Crippen LogP contribution in [-0.4, -0.2) is 26.0 Å². The van der Waals surface area contributed by atoms with Crippen LogP contribution in [0.3, 0.4) is 0 Å². The first-order valence-corrected chi connectivity index (χ1v) is 6.28. The standard InChI is InChI=1S/C11H9N5O4S/c12-8-4-9(13)15-11(14-8)21-7-3-5(16(19)20)1-2-6(7)10(17)18/h1-4H,(H,17,18)(H4,12,13,14,15). The molecule has 0 atom stereocenters. The van der Waals surface area contributed by atoms with E-state index in [2.05, 4.69) is 9.97 Å². The van der Waals surface area contributed by atoms with Crippen LogP contribution >= 0.6 is 11.8 Å². The number of carbonyl (C=O) groups is 1. The molecule has 5 N–H and O–H groups in total. The highest BCUT2D eigenvalue weighted by Crippen LogP contribution is 2.32. The third kappa shape index (κ3) is 3.36. The van der Waals surface area contributed by atoms with Crippen molar-refractivity contribution in [3.8, 4) is 0 Å². The first kappa shape index (κ1) is 14.5. The molecule has 0 amide bonds. The van der Waals surface area contributed by atoms with E-state index in [0.717, 1.165) is 30.0 Å². The van der Waals surface area contributed by atoms with Crippen molar-refractivity contribution in [3.05, 3.63) is 39.9 Å². The molecule has 10 heteroatoms. The molecule has 2 aromatic rings. The molecule has 9 nitrogen and oxygen atoms in total. The van der Waals surface area contributed by atoms with Gasteiger partial charge in [-0.1, -0.05) is 0 Å². The molecule has 0 aliphatic heterocycles. The number of nitrogens with zero attached hydrogens (tertiary/aromatic N) is 3. The van der Waals surface area contributed by atoms with E-state index < -0.39 is 10.9 Å². The lowest BCUT2D eigenvalue weighted by Crippen LogP contribution is -2.02. The normalized spacial score (nSPS) is 10.3. The van der Waals surface area contributed by atoms with E-state index in [9.17, 15) is 14.9 Å². The average Bonchev–Trinajstić information content (AvgIpc) is 2.36. The summed E-state index contributed by atoms with van der Waals surface area (Å²) in [5.74, 6) is -0.983. The number of non-ortho nitro benzene ring substituents is 1. The number of carboxylic acid groups (broad SMARTS) is 1. The Morgan fingerprint density at radius 3 is 2.38 bits per heavy atom. The van der Waals surface area contributed by atoms with Gasteiger partial charge in [0.1, 0.15) is 11.6 Å². The predicted octanol–water partition coefficient (Wildman–Crippen LogP) is 1.40. The first-order valence-electron chi connectivity index (χ1n) is 5.46. The van der Waals surface area contributed by atoms with Gasteiger partial charge in [-0.25, -0.2) is 14.8 Å². The highest BCUT2D eigenvalue weighted by molar-refractivity contribution is 7.99. The lowest BCUT2D eigenvalue weighted by molar-refractivity contribution is -0.385. The summed E-state index contributed by atoms with van der Waals surface area (Å²) in [6.45, 7) is 0. The van der Waals surface area contributed by atoms with E-state index in [1.165, 1.54) is 6.07 Å². The minimum atomic E-state index is -1.22. The van der Waals surface area contributed by atoms with Gasteiger partial charge in [0.15, 0.2) is 5.16 Å². The zero-order valence-corrected chi connectivity index (χ0v) is 11.2. The number of nitro benzene ring substituents is 1. The number of anilines is 2. The van der Waals surface area contributed by atoms with E-state index in [4.69, 9.17) is 16.6 Å². The fourth-order valence-corrected chi connectivity index (χ4v) is 2.44. The fourth-order valence-electron chi connectivity index (χ4n) is 1.49. The minimum absolute atomic E-state index is 0.102. The molecule has 0 spiro atoms. The Kier molecular flexibility index (Phi) is 3.89. The van der Waals surface area contributed by atoms with Crippen LogP contribution in [0.15, 0.2) is 34.3 Å². The first-order chi connectivity index (χ1) is 9.86. The SMILES string of the molecule is Nc1cc(N)nc(Sc2cc([N+](=O)[O-])ccc2C(=O)O)n1. The number of rotatable bonds is 4. The van der Waals surface area contributed by atoms with Crippen molar-refractivity contribution in [2.75, 3.05) is 11.5 Å². The molecular formula is C11H9N5O4S. The largest absolute Gasteiger partial charge is 0.478 e. The van der Waals surface area contributed by atoms with Crippen LogP contribution in [0.5, 0.6) is 0 Å². The van der Waals surface area contributed by atoms with E-state index in [0.29, 0.717) is 0 Å². The molecule has 2 rings (SSSR count).